The van der Waals surface area contributed by atoms with E-state index in [1.165, 1.54) is 0 Å². The number of hydrogen-bond acceptors (Lipinski definition) is 6. The number of halogens is 1. The van der Waals surface area contributed by atoms with Crippen molar-refractivity contribution >= 4 is 17.9 Å². The largest absolute Gasteiger partial charge is 0.368 e. The van der Waals surface area contributed by atoms with Gasteiger partial charge in [0.05, 0.1) is 0 Å². The van der Waals surface area contributed by atoms with Crippen LogP contribution < -0.4 is 5.32 Å². The molecule has 2 rings (SSSR count). The molecule has 6 nitrogen and oxygen atoms in total. The molecule has 2 heterocycles. The van der Waals surface area contributed by atoms with Crippen molar-refractivity contribution in [2.24, 2.45) is 5.18 Å². The van der Waals surface area contributed by atoms with E-state index in [1.807, 2.05) is 11.0 Å². The van der Waals surface area contributed by atoms with Gasteiger partial charge < -0.3 is 10.2 Å². The van der Waals surface area contributed by atoms with E-state index < -0.39 is 0 Å². The van der Waals surface area contributed by atoms with Crippen molar-refractivity contribution in [1.29, 1.82) is 0 Å². The van der Waals surface area contributed by atoms with Crippen molar-refractivity contribution in [2.75, 3.05) is 13.1 Å². The molecule has 0 amide bonds. The molecule has 0 aromatic carbocycles. The molecule has 0 aliphatic carbocycles. The fraction of sp³-hybridized carbons (Fsp3) is 0.273. The average molecular weight is 267 g/mol. The monoisotopic (exact) mass is 266 g/mol. The first kappa shape index (κ1) is 12.5. The van der Waals surface area contributed by atoms with Crippen LogP contribution in [0.15, 0.2) is 35.0 Å². The molecule has 18 heavy (non-hydrogen) atoms. The molecule has 0 unspecified atom stereocenters. The molecule has 94 valence electrons. The summed E-state index contributed by atoms with van der Waals surface area (Å²) in [6.45, 7) is 1.91. The smallest absolute Gasteiger partial charge is 0.187 e. The Kier molecular flexibility index (Phi) is 3.88. The molecule has 0 bridgehead atoms. The van der Waals surface area contributed by atoms with Crippen LogP contribution in [0, 0.1) is 4.91 Å². The van der Waals surface area contributed by atoms with E-state index in [0.29, 0.717) is 36.9 Å². The summed E-state index contributed by atoms with van der Waals surface area (Å²) in [6.07, 6.45) is 2.11. The molecule has 1 saturated heterocycles. The van der Waals surface area contributed by atoms with Crippen molar-refractivity contribution in [3.8, 4) is 0 Å². The van der Waals surface area contributed by atoms with Crippen LogP contribution in [0.3, 0.4) is 0 Å². The van der Waals surface area contributed by atoms with Gasteiger partial charge in [0.15, 0.2) is 12.0 Å². The summed E-state index contributed by atoms with van der Waals surface area (Å²) in [5, 5.41) is 6.12. The Labute approximate surface area is 109 Å². The maximum Gasteiger partial charge on any atom is 0.187 e. The number of nitroso groups, excluding NO2 is 1. The van der Waals surface area contributed by atoms with E-state index in [1.54, 1.807) is 12.3 Å². The van der Waals surface area contributed by atoms with Gasteiger partial charge in [-0.15, -0.1) is 4.91 Å². The van der Waals surface area contributed by atoms with Crippen LogP contribution in [-0.2, 0) is 11.3 Å². The zero-order valence-corrected chi connectivity index (χ0v) is 10.2. The second kappa shape index (κ2) is 5.59. The predicted molar refractivity (Wildman–Crippen MR) is 66.5 cm³/mol. The van der Waals surface area contributed by atoms with E-state index in [9.17, 15) is 9.70 Å². The van der Waals surface area contributed by atoms with Crippen molar-refractivity contribution < 1.29 is 4.79 Å². The van der Waals surface area contributed by atoms with Crippen molar-refractivity contribution in [2.45, 2.75) is 6.54 Å². The lowest BCUT2D eigenvalue weighted by Crippen LogP contribution is -2.21. The van der Waals surface area contributed by atoms with Gasteiger partial charge >= 0.3 is 0 Å². The fourth-order valence-corrected chi connectivity index (χ4v) is 1.90. The van der Waals surface area contributed by atoms with Gasteiger partial charge in [-0.05, 0) is 16.8 Å². The molecule has 0 radical (unpaired) electrons. The summed E-state index contributed by atoms with van der Waals surface area (Å²) in [4.78, 5) is 27.1. The molecule has 0 spiro atoms. The molecular weight excluding hydrogens is 256 g/mol. The minimum atomic E-state index is -0.116. The van der Waals surface area contributed by atoms with Gasteiger partial charge in [0.2, 0.25) is 0 Å². The van der Waals surface area contributed by atoms with Crippen LogP contribution in [0.25, 0.3) is 0 Å². The maximum absolute atomic E-state index is 10.7. The number of allylic oxidation sites excluding steroid dienone is 1. The second-order valence-corrected chi connectivity index (χ2v) is 4.17. The molecule has 1 aromatic rings. The quantitative estimate of drug-likeness (QED) is 0.384. The number of aromatic nitrogens is 1. The Hall–Kier alpha value is -1.95. The predicted octanol–water partition coefficient (Wildman–Crippen LogP) is 1.27. The first-order chi connectivity index (χ1) is 8.74. The zero-order chi connectivity index (χ0) is 13.0. The van der Waals surface area contributed by atoms with Crippen molar-refractivity contribution in [1.82, 2.24) is 15.2 Å². The average Bonchev–Trinajstić information content (AvgIpc) is 2.82. The van der Waals surface area contributed by atoms with Gasteiger partial charge in [0.1, 0.15) is 11.0 Å². The van der Waals surface area contributed by atoms with E-state index in [4.69, 9.17) is 11.6 Å². The van der Waals surface area contributed by atoms with Gasteiger partial charge in [-0.25, -0.2) is 4.98 Å². The molecule has 1 aromatic heterocycles. The molecule has 1 aliphatic rings. The van der Waals surface area contributed by atoms with Gasteiger partial charge in [0.25, 0.3) is 0 Å². The van der Waals surface area contributed by atoms with Crippen LogP contribution in [0.2, 0.25) is 5.15 Å². The minimum absolute atomic E-state index is 0.116. The maximum atomic E-state index is 10.7. The Bertz CT molecular complexity index is 476. The Balaban J connectivity index is 2.18. The highest BCUT2D eigenvalue weighted by Gasteiger charge is 2.21. The summed E-state index contributed by atoms with van der Waals surface area (Å²) in [6, 6.07) is 3.54. The number of hydrogen-bond donors (Lipinski definition) is 1. The number of rotatable bonds is 4. The number of aldehydes is 1. The SMILES string of the molecule is O=C/C(N=O)=C1/NCCN1Cc1ccc(Cl)nc1. The second-order valence-electron chi connectivity index (χ2n) is 3.78. The van der Waals surface area contributed by atoms with Gasteiger partial charge in [-0.1, -0.05) is 17.7 Å². The molecule has 7 heteroatoms. The third kappa shape index (κ3) is 2.65. The normalized spacial score (nSPS) is 17.3. The zero-order valence-electron chi connectivity index (χ0n) is 9.47. The number of carbonyl (C=O) groups excluding carboxylic acids is 1. The molecule has 1 N–H and O–H groups in total. The highest BCUT2D eigenvalue weighted by molar-refractivity contribution is 6.29. The van der Waals surface area contributed by atoms with E-state index in [2.05, 4.69) is 15.5 Å². The fourth-order valence-electron chi connectivity index (χ4n) is 1.78. The summed E-state index contributed by atoms with van der Waals surface area (Å²) in [5.41, 5.74) is 0.825. The molecule has 0 atom stereocenters. The van der Waals surface area contributed by atoms with Crippen LogP contribution >= 0.6 is 11.6 Å². The Morgan fingerprint density at radius 3 is 3.06 bits per heavy atom. The highest BCUT2D eigenvalue weighted by atomic mass is 35.5. The first-order valence-corrected chi connectivity index (χ1v) is 5.74. The van der Waals surface area contributed by atoms with E-state index in [-0.39, 0.29) is 5.70 Å². The van der Waals surface area contributed by atoms with Crippen LogP contribution in [0.4, 0.5) is 0 Å². The van der Waals surface area contributed by atoms with Crippen LogP contribution in [0.1, 0.15) is 5.56 Å². The number of nitrogens with one attached hydrogen (secondary N) is 1. The van der Waals surface area contributed by atoms with Crippen LogP contribution in [0.5, 0.6) is 0 Å². The lowest BCUT2D eigenvalue weighted by atomic mass is 10.2. The third-order valence-corrected chi connectivity index (χ3v) is 2.83. The molecule has 1 fully saturated rings. The third-order valence-electron chi connectivity index (χ3n) is 2.61. The molecular formula is C11H11ClN4O2. The van der Waals surface area contributed by atoms with Gasteiger partial charge in [0, 0.05) is 25.8 Å². The molecule has 0 saturated carbocycles. The lowest BCUT2D eigenvalue weighted by molar-refractivity contribution is -0.105. The summed E-state index contributed by atoms with van der Waals surface area (Å²) in [5.74, 6) is 0.468. The van der Waals surface area contributed by atoms with E-state index in [0.717, 1.165) is 5.56 Å². The standard InChI is InChI=1S/C11H11ClN4O2/c12-10-2-1-8(5-14-10)6-16-4-3-13-11(16)9(7-17)15-18/h1-2,5,7,13H,3-4,6H2/b11-9+. The summed E-state index contributed by atoms with van der Waals surface area (Å²) >= 11 is 5.70. The lowest BCUT2D eigenvalue weighted by Gasteiger charge is -2.18. The van der Waals surface area contributed by atoms with Crippen LogP contribution in [-0.4, -0.2) is 29.3 Å². The topological polar surface area (TPSA) is 74.7 Å². The van der Waals surface area contributed by atoms with Crippen molar-refractivity contribution in [3.63, 3.8) is 0 Å². The van der Waals surface area contributed by atoms with E-state index >= 15 is 0 Å². The number of pyridine rings is 1. The van der Waals surface area contributed by atoms with Crippen molar-refractivity contribution in [3.05, 3.63) is 45.5 Å². The van der Waals surface area contributed by atoms with Gasteiger partial charge in [-0.2, -0.15) is 0 Å². The summed E-state index contributed by atoms with van der Waals surface area (Å²) in [7, 11) is 0. The Morgan fingerprint density at radius 2 is 2.44 bits per heavy atom. The summed E-state index contributed by atoms with van der Waals surface area (Å²) < 4.78 is 0. The minimum Gasteiger partial charge on any atom is -0.368 e. The van der Waals surface area contributed by atoms with Gasteiger partial charge in [-0.3, -0.25) is 4.79 Å². The first-order valence-electron chi connectivity index (χ1n) is 5.36. The Morgan fingerprint density at radius 1 is 1.61 bits per heavy atom. The number of carbonyl (C=O) groups is 1. The highest BCUT2D eigenvalue weighted by Crippen LogP contribution is 2.16. The number of nitrogens with zero attached hydrogens (tertiary/aromatic N) is 3. The molecule has 1 aliphatic heterocycles.